The van der Waals surface area contributed by atoms with Gasteiger partial charge in [-0.1, -0.05) is 23.7 Å². The van der Waals surface area contributed by atoms with Gasteiger partial charge in [-0.25, -0.2) is 12.8 Å². The van der Waals surface area contributed by atoms with Crippen LogP contribution in [0.5, 0.6) is 0 Å². The molecule has 0 heterocycles. The fraction of sp³-hybridized carbons (Fsp3) is 0.176. The van der Waals surface area contributed by atoms with E-state index in [0.29, 0.717) is 5.02 Å². The van der Waals surface area contributed by atoms with Gasteiger partial charge >= 0.3 is 5.97 Å². The van der Waals surface area contributed by atoms with E-state index in [1.807, 2.05) is 0 Å². The molecule has 0 amide bonds. The van der Waals surface area contributed by atoms with Gasteiger partial charge < -0.3 is 5.11 Å². The van der Waals surface area contributed by atoms with E-state index >= 15 is 0 Å². The number of hydrogen-bond donors (Lipinski definition) is 1. The Morgan fingerprint density at radius 1 is 1.24 bits per heavy atom. The Bertz CT molecular complexity index is 1000. The predicted molar refractivity (Wildman–Crippen MR) is 87.2 cm³/mol. The summed E-state index contributed by atoms with van der Waals surface area (Å²) < 4.78 is 39.3. The van der Waals surface area contributed by atoms with Crippen LogP contribution in [-0.4, -0.2) is 24.7 Å². The molecule has 25 heavy (non-hydrogen) atoms. The molecule has 1 aliphatic rings. The van der Waals surface area contributed by atoms with Crippen molar-refractivity contribution in [3.63, 3.8) is 0 Å². The largest absolute Gasteiger partial charge is 0.480 e. The number of carbonyl (C=O) groups is 1. The molecule has 1 saturated carbocycles. The topological polar surface area (TPSA) is 95.2 Å². The number of rotatable bonds is 4. The van der Waals surface area contributed by atoms with Crippen LogP contribution in [0.15, 0.2) is 53.4 Å². The van der Waals surface area contributed by atoms with Crippen molar-refractivity contribution < 1.29 is 22.7 Å². The maximum atomic E-state index is 13.5. The summed E-state index contributed by atoms with van der Waals surface area (Å²) in [6.45, 7) is 0. The summed E-state index contributed by atoms with van der Waals surface area (Å²) >= 11 is 5.75. The first kappa shape index (κ1) is 17.4. The molecule has 1 N–H and O–H groups in total. The average molecular weight is 380 g/mol. The molecule has 0 saturated heterocycles. The van der Waals surface area contributed by atoms with Crippen LogP contribution in [0.2, 0.25) is 5.02 Å². The molecule has 1 aliphatic carbocycles. The minimum Gasteiger partial charge on any atom is -0.480 e. The number of nitrogens with zero attached hydrogens (tertiary/aromatic N) is 1. The molecule has 0 unspecified atom stereocenters. The van der Waals surface area contributed by atoms with Crippen LogP contribution in [-0.2, 0) is 14.6 Å². The van der Waals surface area contributed by atoms with E-state index in [9.17, 15) is 28.0 Å². The van der Waals surface area contributed by atoms with Gasteiger partial charge in [0.2, 0.25) is 0 Å². The van der Waals surface area contributed by atoms with E-state index in [1.165, 1.54) is 36.4 Å². The smallest absolute Gasteiger partial charge is 0.326 e. The molecule has 0 aromatic heterocycles. The number of aliphatic carboxylic acids is 1. The highest BCUT2D eigenvalue weighted by Crippen LogP contribution is 2.64. The number of carboxylic acids is 1. The normalized spacial score (nSPS) is 25.2. The Balaban J connectivity index is 2.14. The zero-order valence-electron chi connectivity index (χ0n) is 12.6. The molecular weight excluding hydrogens is 369 g/mol. The van der Waals surface area contributed by atoms with Gasteiger partial charge in [0, 0.05) is 10.9 Å². The summed E-state index contributed by atoms with van der Waals surface area (Å²) in [6, 6.07) is 11.8. The summed E-state index contributed by atoms with van der Waals surface area (Å²) in [5.74, 6) is -3.34. The second kappa shape index (κ2) is 5.83. The number of hydrogen-bond acceptors (Lipinski definition) is 4. The van der Waals surface area contributed by atoms with Gasteiger partial charge in [-0.05, 0) is 42.0 Å². The Kier molecular flexibility index (Phi) is 4.06. The Morgan fingerprint density at radius 3 is 2.40 bits per heavy atom. The first-order chi connectivity index (χ1) is 11.7. The summed E-state index contributed by atoms with van der Waals surface area (Å²) in [5, 5.41) is 17.8. The van der Waals surface area contributed by atoms with Crippen LogP contribution >= 0.6 is 11.6 Å². The lowest BCUT2D eigenvalue weighted by atomic mass is 10.0. The number of halogens is 2. The third-order valence-electron chi connectivity index (χ3n) is 4.36. The Hall–Kier alpha value is -2.43. The first-order valence-electron chi connectivity index (χ1n) is 7.14. The molecule has 5 nitrogen and oxygen atoms in total. The van der Waals surface area contributed by atoms with Crippen molar-refractivity contribution in [2.24, 2.45) is 5.41 Å². The fourth-order valence-corrected chi connectivity index (χ4v) is 5.50. The van der Waals surface area contributed by atoms with Crippen LogP contribution in [0.25, 0.3) is 0 Å². The Morgan fingerprint density at radius 2 is 1.88 bits per heavy atom. The number of nitriles is 1. The lowest BCUT2D eigenvalue weighted by Crippen LogP contribution is -2.22. The molecule has 3 rings (SSSR count). The van der Waals surface area contributed by atoms with Crippen LogP contribution in [0, 0.1) is 22.6 Å². The van der Waals surface area contributed by atoms with Gasteiger partial charge in [-0.15, -0.1) is 0 Å². The SMILES string of the molecule is N#C[C@]1(C(=O)O)[C@@H](c2cccc(F)c2)[C@@H]1S(=O)(=O)c1ccc(Cl)cc1. The minimum atomic E-state index is -4.14. The summed E-state index contributed by atoms with van der Waals surface area (Å²) in [5.41, 5.74) is -2.00. The van der Waals surface area contributed by atoms with Gasteiger partial charge in [-0.3, -0.25) is 4.79 Å². The van der Waals surface area contributed by atoms with Crippen LogP contribution in [0.3, 0.4) is 0 Å². The van der Waals surface area contributed by atoms with Crippen LogP contribution in [0.4, 0.5) is 4.39 Å². The highest BCUT2D eigenvalue weighted by atomic mass is 35.5. The van der Waals surface area contributed by atoms with Crippen molar-refractivity contribution in [3.05, 3.63) is 64.9 Å². The quantitative estimate of drug-likeness (QED) is 0.880. The summed E-state index contributed by atoms with van der Waals surface area (Å²) in [7, 11) is -4.14. The summed E-state index contributed by atoms with van der Waals surface area (Å²) in [6.07, 6.45) is 0. The second-order valence-corrected chi connectivity index (χ2v) is 8.24. The zero-order valence-corrected chi connectivity index (χ0v) is 14.1. The highest BCUT2D eigenvalue weighted by Gasteiger charge is 2.77. The third kappa shape index (κ3) is 2.58. The molecule has 8 heteroatoms. The van der Waals surface area contributed by atoms with Crippen molar-refractivity contribution in [3.8, 4) is 6.07 Å². The van der Waals surface area contributed by atoms with Crippen molar-refractivity contribution in [1.29, 1.82) is 5.26 Å². The summed E-state index contributed by atoms with van der Waals surface area (Å²) in [4.78, 5) is 11.6. The van der Waals surface area contributed by atoms with Crippen molar-refractivity contribution in [2.75, 3.05) is 0 Å². The van der Waals surface area contributed by atoms with Gasteiger partial charge in [0.25, 0.3) is 0 Å². The highest BCUT2D eigenvalue weighted by molar-refractivity contribution is 7.92. The molecular formula is C17H11ClFNO4S. The first-order valence-corrected chi connectivity index (χ1v) is 9.07. The van der Waals surface area contributed by atoms with E-state index in [0.717, 1.165) is 12.1 Å². The van der Waals surface area contributed by atoms with E-state index in [1.54, 1.807) is 6.07 Å². The van der Waals surface area contributed by atoms with Crippen molar-refractivity contribution >= 4 is 27.4 Å². The molecule has 0 radical (unpaired) electrons. The Labute approximate surface area is 148 Å². The zero-order chi connectivity index (χ0) is 18.4. The monoisotopic (exact) mass is 379 g/mol. The lowest BCUT2D eigenvalue weighted by molar-refractivity contribution is -0.141. The molecule has 0 aliphatic heterocycles. The van der Waals surface area contributed by atoms with Gasteiger partial charge in [0.05, 0.1) is 11.0 Å². The van der Waals surface area contributed by atoms with Crippen molar-refractivity contribution in [1.82, 2.24) is 0 Å². The standard InChI is InChI=1S/C17H11ClFNO4S/c18-11-4-6-13(7-5-11)25(23,24)15-14(17(15,9-20)16(21)22)10-2-1-3-12(19)8-10/h1-8,14-15H,(H,21,22)/t14-,15-,17-/m0/s1. The molecule has 1 fully saturated rings. The molecule has 2 aromatic rings. The molecule has 0 bridgehead atoms. The number of benzene rings is 2. The van der Waals surface area contributed by atoms with Gasteiger partial charge in [0.15, 0.2) is 15.3 Å². The lowest BCUT2D eigenvalue weighted by Gasteiger charge is -2.05. The van der Waals surface area contributed by atoms with Crippen molar-refractivity contribution in [2.45, 2.75) is 16.1 Å². The van der Waals surface area contributed by atoms with E-state index in [2.05, 4.69) is 0 Å². The second-order valence-electron chi connectivity index (χ2n) is 5.74. The predicted octanol–water partition coefficient (Wildman–Crippen LogP) is 3.01. The van der Waals surface area contributed by atoms with Gasteiger partial charge in [-0.2, -0.15) is 5.26 Å². The van der Waals surface area contributed by atoms with Crippen LogP contribution in [0.1, 0.15) is 11.5 Å². The van der Waals surface area contributed by atoms with E-state index < -0.39 is 38.2 Å². The maximum absolute atomic E-state index is 13.5. The molecule has 2 aromatic carbocycles. The molecule has 128 valence electrons. The molecule has 3 atom stereocenters. The molecule has 0 spiro atoms. The average Bonchev–Trinajstić information content (AvgIpc) is 3.27. The number of carboxylic acid groups (broad SMARTS) is 1. The van der Waals surface area contributed by atoms with E-state index in [-0.39, 0.29) is 10.5 Å². The minimum absolute atomic E-state index is 0.137. The maximum Gasteiger partial charge on any atom is 0.326 e. The van der Waals surface area contributed by atoms with E-state index in [4.69, 9.17) is 11.6 Å². The fourth-order valence-electron chi connectivity index (χ4n) is 3.12. The number of sulfone groups is 1. The van der Waals surface area contributed by atoms with Crippen LogP contribution < -0.4 is 0 Å². The van der Waals surface area contributed by atoms with Gasteiger partial charge in [0.1, 0.15) is 11.1 Å². The third-order valence-corrected chi connectivity index (χ3v) is 6.85.